The van der Waals surface area contributed by atoms with Crippen molar-refractivity contribution in [2.24, 2.45) is 4.99 Å². The van der Waals surface area contributed by atoms with Crippen molar-refractivity contribution in [2.45, 2.75) is 25.4 Å². The van der Waals surface area contributed by atoms with Gasteiger partial charge >= 0.3 is 0 Å². The van der Waals surface area contributed by atoms with Crippen molar-refractivity contribution in [1.82, 2.24) is 10.6 Å². The molecule has 2 aromatic rings. The van der Waals surface area contributed by atoms with Gasteiger partial charge in [0.1, 0.15) is 5.82 Å². The van der Waals surface area contributed by atoms with Crippen LogP contribution in [0.1, 0.15) is 36.5 Å². The number of nitrogens with zero attached hydrogens (tertiary/aromatic N) is 1. The quantitative estimate of drug-likeness (QED) is 0.455. The third kappa shape index (κ3) is 5.07. The number of hydrogen-bond donors (Lipinski definition) is 4. The van der Waals surface area contributed by atoms with E-state index in [1.54, 1.807) is 12.1 Å². The smallest absolute Gasteiger partial charge is 0.225 e. The molecule has 7 heteroatoms. The van der Waals surface area contributed by atoms with Crippen molar-refractivity contribution in [3.8, 4) is 0 Å². The first-order valence-corrected chi connectivity index (χ1v) is 9.41. The van der Waals surface area contributed by atoms with E-state index in [-0.39, 0.29) is 24.2 Å². The summed E-state index contributed by atoms with van der Waals surface area (Å²) in [6, 6.07) is 13.5. The summed E-state index contributed by atoms with van der Waals surface area (Å²) in [5, 5.41) is 19.6. The highest BCUT2D eigenvalue weighted by molar-refractivity contribution is 5.94. The summed E-state index contributed by atoms with van der Waals surface area (Å²) in [6.07, 6.45) is -0.418. The van der Waals surface area contributed by atoms with Gasteiger partial charge in [-0.3, -0.25) is 9.79 Å². The molecule has 0 radical (unpaired) electrons. The number of guanidine groups is 1. The number of fused-ring (bicyclic) bond motifs is 1. The van der Waals surface area contributed by atoms with Gasteiger partial charge in [-0.25, -0.2) is 4.39 Å². The van der Waals surface area contributed by atoms with Crippen LogP contribution in [0.2, 0.25) is 0 Å². The first-order valence-electron chi connectivity index (χ1n) is 9.41. The molecule has 0 saturated heterocycles. The molecule has 2 unspecified atom stereocenters. The Morgan fingerprint density at radius 2 is 2.00 bits per heavy atom. The molecule has 0 saturated carbocycles. The average molecular weight is 384 g/mol. The third-order valence-electron chi connectivity index (χ3n) is 4.64. The number of aliphatic imine (C=N–C) groups is 1. The van der Waals surface area contributed by atoms with Crippen molar-refractivity contribution >= 4 is 17.6 Å². The Bertz CT molecular complexity index is 839. The first-order chi connectivity index (χ1) is 13.6. The van der Waals surface area contributed by atoms with E-state index in [1.807, 2.05) is 31.2 Å². The van der Waals surface area contributed by atoms with Gasteiger partial charge in [0.15, 0.2) is 5.96 Å². The predicted molar refractivity (Wildman–Crippen MR) is 108 cm³/mol. The average Bonchev–Trinajstić information content (AvgIpc) is 2.70. The van der Waals surface area contributed by atoms with E-state index in [0.29, 0.717) is 31.0 Å². The third-order valence-corrected chi connectivity index (χ3v) is 4.64. The van der Waals surface area contributed by atoms with E-state index in [2.05, 4.69) is 20.9 Å². The molecule has 1 heterocycles. The number of para-hydroxylation sites is 1. The lowest BCUT2D eigenvalue weighted by atomic mass is 9.90. The number of aliphatic hydroxyl groups excluding tert-OH is 1. The van der Waals surface area contributed by atoms with E-state index in [4.69, 9.17) is 0 Å². The molecule has 0 bridgehead atoms. The van der Waals surface area contributed by atoms with E-state index in [9.17, 15) is 14.3 Å². The highest BCUT2D eigenvalue weighted by atomic mass is 19.1. The molecule has 0 spiro atoms. The van der Waals surface area contributed by atoms with Gasteiger partial charge in [-0.15, -0.1) is 0 Å². The van der Waals surface area contributed by atoms with Crippen molar-refractivity contribution in [3.05, 3.63) is 65.5 Å². The van der Waals surface area contributed by atoms with E-state index in [0.717, 1.165) is 11.3 Å². The molecule has 0 aliphatic carbocycles. The second-order valence-corrected chi connectivity index (χ2v) is 6.70. The fourth-order valence-corrected chi connectivity index (χ4v) is 3.21. The number of carbonyl (C=O) groups is 1. The number of amides is 1. The molecule has 28 heavy (non-hydrogen) atoms. The van der Waals surface area contributed by atoms with Crippen LogP contribution in [0.25, 0.3) is 0 Å². The minimum atomic E-state index is -0.822. The minimum Gasteiger partial charge on any atom is -0.386 e. The van der Waals surface area contributed by atoms with Crippen LogP contribution in [0.4, 0.5) is 10.1 Å². The number of anilines is 1. The maximum atomic E-state index is 13.0. The van der Waals surface area contributed by atoms with Crippen LogP contribution in [0, 0.1) is 5.82 Å². The zero-order valence-electron chi connectivity index (χ0n) is 15.8. The lowest BCUT2D eigenvalue weighted by Gasteiger charge is -2.26. The molecule has 1 aliphatic rings. The number of aliphatic hydroxyl groups is 1. The molecule has 2 aromatic carbocycles. The molecule has 0 fully saturated rings. The molecule has 148 valence electrons. The monoisotopic (exact) mass is 384 g/mol. The van der Waals surface area contributed by atoms with E-state index < -0.39 is 6.10 Å². The molecule has 3 rings (SSSR count). The highest BCUT2D eigenvalue weighted by Gasteiger charge is 2.24. The minimum absolute atomic E-state index is 0.000767. The van der Waals surface area contributed by atoms with Gasteiger partial charge in [0.05, 0.1) is 12.6 Å². The van der Waals surface area contributed by atoms with E-state index >= 15 is 0 Å². The summed E-state index contributed by atoms with van der Waals surface area (Å²) >= 11 is 0. The Labute approximate surface area is 163 Å². The Hall–Kier alpha value is -2.93. The Morgan fingerprint density at radius 1 is 1.25 bits per heavy atom. The Morgan fingerprint density at radius 3 is 2.75 bits per heavy atom. The van der Waals surface area contributed by atoms with Crippen LogP contribution in [0.15, 0.2) is 53.5 Å². The second kappa shape index (κ2) is 9.32. The number of rotatable bonds is 6. The van der Waals surface area contributed by atoms with Gasteiger partial charge in [0, 0.05) is 31.1 Å². The van der Waals surface area contributed by atoms with Crippen LogP contribution in [0.5, 0.6) is 0 Å². The van der Waals surface area contributed by atoms with Crippen LogP contribution >= 0.6 is 0 Å². The molecule has 1 amide bonds. The summed E-state index contributed by atoms with van der Waals surface area (Å²) < 4.78 is 13.0. The van der Waals surface area contributed by atoms with Crippen molar-refractivity contribution in [2.75, 3.05) is 25.0 Å². The van der Waals surface area contributed by atoms with Crippen LogP contribution in [0.3, 0.4) is 0 Å². The van der Waals surface area contributed by atoms with Gasteiger partial charge in [0.25, 0.3) is 0 Å². The lowest BCUT2D eigenvalue weighted by molar-refractivity contribution is -0.116. The highest BCUT2D eigenvalue weighted by Crippen LogP contribution is 2.31. The van der Waals surface area contributed by atoms with Crippen molar-refractivity contribution in [1.29, 1.82) is 0 Å². The maximum absolute atomic E-state index is 13.0. The number of halogens is 1. The fourth-order valence-electron chi connectivity index (χ4n) is 3.21. The SMILES string of the molecule is CCNC(=NCC(O)c1ccc(F)cc1)NCC1CC(=O)Nc2ccccc21. The summed E-state index contributed by atoms with van der Waals surface area (Å²) in [4.78, 5) is 16.4. The number of hydrogen-bond acceptors (Lipinski definition) is 3. The second-order valence-electron chi connectivity index (χ2n) is 6.70. The predicted octanol–water partition coefficient (Wildman–Crippen LogP) is 2.54. The number of benzene rings is 2. The molecular weight excluding hydrogens is 359 g/mol. The topological polar surface area (TPSA) is 85.8 Å². The summed E-state index contributed by atoms with van der Waals surface area (Å²) in [7, 11) is 0. The number of carbonyl (C=O) groups excluding carboxylic acids is 1. The zero-order chi connectivity index (χ0) is 19.9. The summed E-state index contributed by atoms with van der Waals surface area (Å²) in [5.74, 6) is 0.258. The van der Waals surface area contributed by atoms with Gasteiger partial charge in [0.2, 0.25) is 5.91 Å². The molecule has 2 atom stereocenters. The van der Waals surface area contributed by atoms with Crippen LogP contribution in [-0.4, -0.2) is 36.6 Å². The van der Waals surface area contributed by atoms with Gasteiger partial charge in [-0.1, -0.05) is 30.3 Å². The fraction of sp³-hybridized carbons (Fsp3) is 0.333. The largest absolute Gasteiger partial charge is 0.386 e. The van der Waals surface area contributed by atoms with Gasteiger partial charge in [-0.05, 0) is 36.2 Å². The molecule has 6 nitrogen and oxygen atoms in total. The standard InChI is InChI=1S/C21H25FN4O2/c1-2-23-21(25-13-19(27)14-7-9-16(22)10-8-14)24-12-15-11-20(28)26-18-6-4-3-5-17(15)18/h3-10,15,19,27H,2,11-13H2,1H3,(H,26,28)(H2,23,24,25). The molecule has 4 N–H and O–H groups in total. The molecule has 0 aromatic heterocycles. The van der Waals surface area contributed by atoms with E-state index in [1.165, 1.54) is 12.1 Å². The Kier molecular flexibility index (Phi) is 6.60. The van der Waals surface area contributed by atoms with Crippen molar-refractivity contribution in [3.63, 3.8) is 0 Å². The van der Waals surface area contributed by atoms with Crippen LogP contribution in [-0.2, 0) is 4.79 Å². The molecule has 1 aliphatic heterocycles. The van der Waals surface area contributed by atoms with Gasteiger partial charge in [-0.2, -0.15) is 0 Å². The summed E-state index contributed by atoms with van der Waals surface area (Å²) in [6.45, 7) is 3.31. The normalized spacial score (nSPS) is 17.5. The van der Waals surface area contributed by atoms with Crippen LogP contribution < -0.4 is 16.0 Å². The maximum Gasteiger partial charge on any atom is 0.225 e. The lowest BCUT2D eigenvalue weighted by Crippen LogP contribution is -2.41. The van der Waals surface area contributed by atoms with Crippen molar-refractivity contribution < 1.29 is 14.3 Å². The Balaban J connectivity index is 1.64. The summed E-state index contributed by atoms with van der Waals surface area (Å²) in [5.41, 5.74) is 2.55. The van der Waals surface area contributed by atoms with Gasteiger partial charge < -0.3 is 21.1 Å². The molecular formula is C21H25FN4O2. The first kappa shape index (κ1) is 19.8. The zero-order valence-corrected chi connectivity index (χ0v) is 15.8. The number of nitrogens with one attached hydrogen (secondary N) is 3.